The van der Waals surface area contributed by atoms with Crippen molar-refractivity contribution in [3.05, 3.63) is 35.6 Å². The maximum atomic E-state index is 6.13. The van der Waals surface area contributed by atoms with Crippen LogP contribution < -0.4 is 5.73 Å². The summed E-state index contributed by atoms with van der Waals surface area (Å²) >= 11 is 0. The van der Waals surface area contributed by atoms with Gasteiger partial charge in [0.2, 0.25) is 0 Å². The van der Waals surface area contributed by atoms with Crippen LogP contribution >= 0.6 is 0 Å². The summed E-state index contributed by atoms with van der Waals surface area (Å²) in [7, 11) is 0. The molecule has 1 aromatic carbocycles. The summed E-state index contributed by atoms with van der Waals surface area (Å²) in [6.07, 6.45) is 1.85. The number of benzene rings is 1. The third-order valence-corrected chi connectivity index (χ3v) is 3.06. The highest BCUT2D eigenvalue weighted by Gasteiger charge is 2.11. The van der Waals surface area contributed by atoms with Gasteiger partial charge in [-0.1, -0.05) is 11.6 Å². The van der Waals surface area contributed by atoms with Crippen molar-refractivity contribution in [3.8, 4) is 0 Å². The smallest absolute Gasteiger partial charge is 0.134 e. The Balaban J connectivity index is 2.01. The largest absolute Gasteiger partial charge is 0.459 e. The maximum absolute atomic E-state index is 6.13. The molecular weight excluding hydrogens is 226 g/mol. The van der Waals surface area contributed by atoms with Crippen LogP contribution in [-0.4, -0.2) is 13.2 Å². The average Bonchev–Trinajstić information content (AvgIpc) is 2.77. The number of hydrogen-bond donors (Lipinski definition) is 1. The van der Waals surface area contributed by atoms with E-state index in [9.17, 15) is 0 Å². The fourth-order valence-corrected chi connectivity index (χ4v) is 2.06. The highest BCUT2D eigenvalue weighted by Crippen LogP contribution is 2.25. The number of furan rings is 1. The van der Waals surface area contributed by atoms with E-state index in [-0.39, 0.29) is 6.04 Å². The van der Waals surface area contributed by atoms with Gasteiger partial charge in [-0.2, -0.15) is 0 Å². The second-order valence-electron chi connectivity index (χ2n) is 4.64. The van der Waals surface area contributed by atoms with Crippen molar-refractivity contribution in [2.75, 3.05) is 13.2 Å². The first-order valence-corrected chi connectivity index (χ1v) is 6.54. The fraction of sp³-hybridized carbons (Fsp3) is 0.467. The summed E-state index contributed by atoms with van der Waals surface area (Å²) in [6, 6.07) is 8.18. The molecule has 3 nitrogen and oxygen atoms in total. The zero-order valence-corrected chi connectivity index (χ0v) is 11.1. The normalized spacial score (nSPS) is 13.1. The molecule has 1 unspecified atom stereocenters. The molecular formula is C15H21NO2. The van der Waals surface area contributed by atoms with Gasteiger partial charge >= 0.3 is 0 Å². The van der Waals surface area contributed by atoms with Crippen LogP contribution in [0.15, 0.2) is 28.7 Å². The molecule has 1 atom stereocenters. The molecule has 98 valence electrons. The Morgan fingerprint density at radius 3 is 2.94 bits per heavy atom. The van der Waals surface area contributed by atoms with Crippen LogP contribution in [0.5, 0.6) is 0 Å². The SMILES string of the molecule is CCOCCCC(N)c1cc2cc(C)ccc2o1. The molecule has 1 aromatic heterocycles. The van der Waals surface area contributed by atoms with Crippen LogP contribution in [0.3, 0.4) is 0 Å². The molecule has 2 rings (SSSR count). The van der Waals surface area contributed by atoms with E-state index in [2.05, 4.69) is 19.1 Å². The van der Waals surface area contributed by atoms with Crippen molar-refractivity contribution in [3.63, 3.8) is 0 Å². The Kier molecular flexibility index (Phi) is 4.39. The van der Waals surface area contributed by atoms with Gasteiger partial charge in [-0.25, -0.2) is 0 Å². The van der Waals surface area contributed by atoms with Gasteiger partial charge in [-0.15, -0.1) is 0 Å². The Hall–Kier alpha value is -1.32. The molecule has 0 spiro atoms. The first-order valence-electron chi connectivity index (χ1n) is 6.54. The zero-order chi connectivity index (χ0) is 13.0. The molecule has 0 radical (unpaired) electrons. The Morgan fingerprint density at radius 1 is 1.33 bits per heavy atom. The van der Waals surface area contributed by atoms with Gasteiger partial charge in [-0.3, -0.25) is 0 Å². The number of rotatable bonds is 6. The predicted molar refractivity (Wildman–Crippen MR) is 73.6 cm³/mol. The van der Waals surface area contributed by atoms with Gasteiger partial charge in [-0.05, 0) is 44.9 Å². The Labute approximate surface area is 108 Å². The van der Waals surface area contributed by atoms with E-state index in [0.717, 1.165) is 42.8 Å². The summed E-state index contributed by atoms with van der Waals surface area (Å²) in [5.74, 6) is 0.868. The quantitative estimate of drug-likeness (QED) is 0.794. The van der Waals surface area contributed by atoms with E-state index < -0.39 is 0 Å². The molecule has 0 aliphatic rings. The molecule has 1 heterocycles. The van der Waals surface area contributed by atoms with Crippen molar-refractivity contribution >= 4 is 11.0 Å². The number of ether oxygens (including phenoxy) is 1. The molecule has 2 aromatic rings. The van der Waals surface area contributed by atoms with Crippen LogP contribution in [0.25, 0.3) is 11.0 Å². The lowest BCUT2D eigenvalue weighted by atomic mass is 10.1. The second kappa shape index (κ2) is 6.03. The van der Waals surface area contributed by atoms with Crippen molar-refractivity contribution in [2.24, 2.45) is 5.73 Å². The van der Waals surface area contributed by atoms with Gasteiger partial charge < -0.3 is 14.9 Å². The van der Waals surface area contributed by atoms with E-state index in [1.165, 1.54) is 5.56 Å². The van der Waals surface area contributed by atoms with E-state index in [4.69, 9.17) is 14.9 Å². The molecule has 0 bridgehead atoms. The van der Waals surface area contributed by atoms with Gasteiger partial charge in [0.05, 0.1) is 6.04 Å². The number of fused-ring (bicyclic) bond motifs is 1. The molecule has 0 saturated heterocycles. The number of aryl methyl sites for hydroxylation is 1. The third kappa shape index (κ3) is 3.12. The minimum atomic E-state index is -0.0434. The van der Waals surface area contributed by atoms with E-state index >= 15 is 0 Å². The number of hydrogen-bond acceptors (Lipinski definition) is 3. The summed E-state index contributed by atoms with van der Waals surface area (Å²) in [4.78, 5) is 0. The highest BCUT2D eigenvalue weighted by atomic mass is 16.5. The zero-order valence-electron chi connectivity index (χ0n) is 11.1. The lowest BCUT2D eigenvalue weighted by Crippen LogP contribution is -2.10. The lowest BCUT2D eigenvalue weighted by molar-refractivity contribution is 0.141. The van der Waals surface area contributed by atoms with Crippen LogP contribution in [0.4, 0.5) is 0 Å². The molecule has 0 amide bonds. The van der Waals surface area contributed by atoms with Crippen molar-refractivity contribution in [1.29, 1.82) is 0 Å². The van der Waals surface area contributed by atoms with Gasteiger partial charge in [0.15, 0.2) is 0 Å². The Bertz CT molecular complexity index is 504. The van der Waals surface area contributed by atoms with Gasteiger partial charge in [0.25, 0.3) is 0 Å². The molecule has 2 N–H and O–H groups in total. The molecule has 0 aliphatic carbocycles. The molecule has 18 heavy (non-hydrogen) atoms. The lowest BCUT2D eigenvalue weighted by Gasteiger charge is -2.07. The average molecular weight is 247 g/mol. The summed E-state index contributed by atoms with van der Waals surface area (Å²) in [5, 5.41) is 1.13. The summed E-state index contributed by atoms with van der Waals surface area (Å²) in [6.45, 7) is 5.61. The van der Waals surface area contributed by atoms with E-state index in [1.54, 1.807) is 0 Å². The standard InChI is InChI=1S/C15H21NO2/c1-3-17-8-4-5-13(16)15-10-12-9-11(2)6-7-14(12)18-15/h6-7,9-10,13H,3-5,8,16H2,1-2H3. The maximum Gasteiger partial charge on any atom is 0.134 e. The first-order chi connectivity index (χ1) is 8.70. The van der Waals surface area contributed by atoms with Crippen molar-refractivity contribution < 1.29 is 9.15 Å². The van der Waals surface area contributed by atoms with Crippen LogP contribution in [-0.2, 0) is 4.74 Å². The van der Waals surface area contributed by atoms with E-state index in [1.807, 2.05) is 19.1 Å². The molecule has 0 fully saturated rings. The van der Waals surface area contributed by atoms with Gasteiger partial charge in [0.1, 0.15) is 11.3 Å². The van der Waals surface area contributed by atoms with Crippen LogP contribution in [0, 0.1) is 6.92 Å². The fourth-order valence-electron chi connectivity index (χ4n) is 2.06. The topological polar surface area (TPSA) is 48.4 Å². The highest BCUT2D eigenvalue weighted by molar-refractivity contribution is 5.78. The Morgan fingerprint density at radius 2 is 2.17 bits per heavy atom. The van der Waals surface area contributed by atoms with Gasteiger partial charge in [0, 0.05) is 18.6 Å². The summed E-state index contributed by atoms with van der Waals surface area (Å²) < 4.78 is 11.1. The van der Waals surface area contributed by atoms with Crippen LogP contribution in [0.1, 0.15) is 37.1 Å². The molecule has 3 heteroatoms. The monoisotopic (exact) mass is 247 g/mol. The van der Waals surface area contributed by atoms with E-state index in [0.29, 0.717) is 0 Å². The van der Waals surface area contributed by atoms with Crippen LogP contribution in [0.2, 0.25) is 0 Å². The first kappa shape index (κ1) is 13.1. The molecule has 0 saturated carbocycles. The van der Waals surface area contributed by atoms with Crippen molar-refractivity contribution in [2.45, 2.75) is 32.7 Å². The second-order valence-corrected chi connectivity index (χ2v) is 4.64. The summed E-state index contributed by atoms with van der Waals surface area (Å²) in [5.41, 5.74) is 8.28. The van der Waals surface area contributed by atoms with Crippen molar-refractivity contribution in [1.82, 2.24) is 0 Å². The molecule has 0 aliphatic heterocycles. The third-order valence-electron chi connectivity index (χ3n) is 3.06. The minimum absolute atomic E-state index is 0.0434. The minimum Gasteiger partial charge on any atom is -0.459 e. The number of nitrogens with two attached hydrogens (primary N) is 1. The predicted octanol–water partition coefficient (Wildman–Crippen LogP) is 3.56.